The first-order valence-electron chi connectivity index (χ1n) is 6.07. The Bertz CT molecular complexity index is 616. The highest BCUT2D eigenvalue weighted by atomic mass is 19.2. The maximum Gasteiger partial charge on any atom is 0.161 e. The Hall–Kier alpha value is -2.17. The van der Waals surface area contributed by atoms with Crippen molar-refractivity contribution < 1.29 is 17.9 Å². The average Bonchev–Trinajstić information content (AvgIpc) is 2.44. The van der Waals surface area contributed by atoms with Crippen LogP contribution in [0.4, 0.5) is 18.9 Å². The number of methoxy groups -OCH3 is 1. The molecular weight excluding hydrogens is 267 g/mol. The molecule has 1 N–H and O–H groups in total. The molecule has 0 fully saturated rings. The Morgan fingerprint density at radius 3 is 2.35 bits per heavy atom. The quantitative estimate of drug-likeness (QED) is 0.844. The monoisotopic (exact) mass is 281 g/mol. The molecule has 0 amide bonds. The third-order valence-electron chi connectivity index (χ3n) is 2.99. The van der Waals surface area contributed by atoms with Gasteiger partial charge < -0.3 is 10.1 Å². The second-order valence-electron chi connectivity index (χ2n) is 4.35. The highest BCUT2D eigenvalue weighted by Gasteiger charge is 2.15. The third kappa shape index (κ3) is 2.87. The summed E-state index contributed by atoms with van der Waals surface area (Å²) in [5, 5.41) is 2.81. The van der Waals surface area contributed by atoms with Crippen molar-refractivity contribution in [2.24, 2.45) is 0 Å². The van der Waals surface area contributed by atoms with Crippen molar-refractivity contribution >= 4 is 5.69 Å². The summed E-state index contributed by atoms with van der Waals surface area (Å²) in [4.78, 5) is 0. The van der Waals surface area contributed by atoms with Crippen molar-refractivity contribution in [3.8, 4) is 5.75 Å². The molecule has 0 heterocycles. The lowest BCUT2D eigenvalue weighted by molar-refractivity contribution is 0.408. The number of halogens is 3. The Morgan fingerprint density at radius 1 is 1.00 bits per heavy atom. The van der Waals surface area contributed by atoms with E-state index in [0.717, 1.165) is 11.6 Å². The Kier molecular flexibility index (Phi) is 4.17. The summed E-state index contributed by atoms with van der Waals surface area (Å²) in [7, 11) is 1.53. The first kappa shape index (κ1) is 14.2. The van der Waals surface area contributed by atoms with Gasteiger partial charge in [0.1, 0.15) is 11.6 Å². The lowest BCUT2D eigenvalue weighted by Crippen LogP contribution is -2.10. The van der Waals surface area contributed by atoms with Crippen molar-refractivity contribution in [3.05, 3.63) is 59.4 Å². The lowest BCUT2D eigenvalue weighted by Gasteiger charge is -2.18. The molecule has 0 saturated carbocycles. The van der Waals surface area contributed by atoms with E-state index in [1.54, 1.807) is 13.0 Å². The van der Waals surface area contributed by atoms with Crippen LogP contribution in [0.5, 0.6) is 5.75 Å². The molecule has 0 spiro atoms. The van der Waals surface area contributed by atoms with E-state index in [-0.39, 0.29) is 11.7 Å². The third-order valence-corrected chi connectivity index (χ3v) is 2.99. The van der Waals surface area contributed by atoms with Crippen LogP contribution in [0.1, 0.15) is 18.5 Å². The molecule has 0 aliphatic rings. The minimum absolute atomic E-state index is 0.0951. The SMILES string of the molecule is COc1ccccc1C(C)Nc1cc(F)c(F)cc1F. The van der Waals surface area contributed by atoms with Gasteiger partial charge in [-0.05, 0) is 13.0 Å². The number of hydrogen-bond donors (Lipinski definition) is 1. The van der Waals surface area contributed by atoms with Crippen LogP contribution in [0, 0.1) is 17.5 Å². The second-order valence-corrected chi connectivity index (χ2v) is 4.35. The molecule has 5 heteroatoms. The summed E-state index contributed by atoms with van der Waals surface area (Å²) >= 11 is 0. The van der Waals surface area contributed by atoms with Crippen LogP contribution in [-0.2, 0) is 0 Å². The van der Waals surface area contributed by atoms with E-state index in [4.69, 9.17) is 4.74 Å². The Balaban J connectivity index is 2.28. The summed E-state index contributed by atoms with van der Waals surface area (Å²) in [5.41, 5.74) is 0.696. The Labute approximate surface area is 115 Å². The summed E-state index contributed by atoms with van der Waals surface area (Å²) in [6.45, 7) is 1.78. The van der Waals surface area contributed by atoms with Gasteiger partial charge in [0.15, 0.2) is 11.6 Å². The molecule has 0 aromatic heterocycles. The normalized spacial score (nSPS) is 12.1. The lowest BCUT2D eigenvalue weighted by atomic mass is 10.1. The van der Waals surface area contributed by atoms with Crippen molar-refractivity contribution in [1.82, 2.24) is 0 Å². The maximum absolute atomic E-state index is 13.6. The van der Waals surface area contributed by atoms with E-state index in [1.165, 1.54) is 7.11 Å². The molecular formula is C15H14F3NO. The summed E-state index contributed by atoms with van der Waals surface area (Å²) in [6, 6.07) is 8.21. The first-order valence-corrected chi connectivity index (χ1v) is 6.07. The average molecular weight is 281 g/mol. The molecule has 2 rings (SSSR count). The van der Waals surface area contributed by atoms with Crippen molar-refractivity contribution in [3.63, 3.8) is 0 Å². The molecule has 0 radical (unpaired) electrons. The van der Waals surface area contributed by atoms with Gasteiger partial charge in [0.05, 0.1) is 18.8 Å². The molecule has 2 aromatic rings. The van der Waals surface area contributed by atoms with Crippen LogP contribution in [0.3, 0.4) is 0 Å². The molecule has 2 aromatic carbocycles. The van der Waals surface area contributed by atoms with E-state index < -0.39 is 17.5 Å². The molecule has 106 valence electrons. The maximum atomic E-state index is 13.6. The van der Waals surface area contributed by atoms with Crippen LogP contribution >= 0.6 is 0 Å². The topological polar surface area (TPSA) is 21.3 Å². The zero-order valence-corrected chi connectivity index (χ0v) is 11.1. The molecule has 0 aliphatic carbocycles. The zero-order chi connectivity index (χ0) is 14.7. The van der Waals surface area contributed by atoms with Gasteiger partial charge in [-0.15, -0.1) is 0 Å². The minimum Gasteiger partial charge on any atom is -0.496 e. The second kappa shape index (κ2) is 5.86. The minimum atomic E-state index is -1.21. The highest BCUT2D eigenvalue weighted by Crippen LogP contribution is 2.29. The number of anilines is 1. The van der Waals surface area contributed by atoms with Crippen LogP contribution < -0.4 is 10.1 Å². The molecule has 2 nitrogen and oxygen atoms in total. The van der Waals surface area contributed by atoms with Crippen molar-refractivity contribution in [1.29, 1.82) is 0 Å². The van der Waals surface area contributed by atoms with Gasteiger partial charge >= 0.3 is 0 Å². The van der Waals surface area contributed by atoms with Crippen LogP contribution in [-0.4, -0.2) is 7.11 Å². The first-order chi connectivity index (χ1) is 9.52. The van der Waals surface area contributed by atoms with E-state index in [0.29, 0.717) is 11.8 Å². The number of rotatable bonds is 4. The molecule has 1 atom stereocenters. The van der Waals surface area contributed by atoms with Gasteiger partial charge in [0, 0.05) is 17.7 Å². The fourth-order valence-corrected chi connectivity index (χ4v) is 1.97. The number of ether oxygens (including phenoxy) is 1. The van der Waals surface area contributed by atoms with E-state index in [1.807, 2.05) is 18.2 Å². The van der Waals surface area contributed by atoms with Gasteiger partial charge in [-0.25, -0.2) is 13.2 Å². The Morgan fingerprint density at radius 2 is 1.65 bits per heavy atom. The fourth-order valence-electron chi connectivity index (χ4n) is 1.97. The van der Waals surface area contributed by atoms with Crippen molar-refractivity contribution in [2.75, 3.05) is 12.4 Å². The molecule has 0 bridgehead atoms. The summed E-state index contributed by atoms with van der Waals surface area (Å²) in [6.07, 6.45) is 0. The summed E-state index contributed by atoms with van der Waals surface area (Å²) in [5.74, 6) is -2.51. The van der Waals surface area contributed by atoms with Crippen molar-refractivity contribution in [2.45, 2.75) is 13.0 Å². The molecule has 0 aliphatic heterocycles. The van der Waals surface area contributed by atoms with Gasteiger partial charge in [-0.2, -0.15) is 0 Å². The number of nitrogens with one attached hydrogen (secondary N) is 1. The summed E-state index contributed by atoms with van der Waals surface area (Å²) < 4.78 is 44.8. The highest BCUT2D eigenvalue weighted by molar-refractivity contribution is 5.49. The van der Waals surface area contributed by atoms with Crippen LogP contribution in [0.2, 0.25) is 0 Å². The van der Waals surface area contributed by atoms with Gasteiger partial charge in [-0.1, -0.05) is 18.2 Å². The molecule has 0 saturated heterocycles. The van der Waals surface area contributed by atoms with E-state index in [2.05, 4.69) is 5.32 Å². The standard InChI is InChI=1S/C15H14F3NO/c1-9(10-5-3-4-6-15(10)20-2)19-14-8-12(17)11(16)7-13(14)18/h3-9,19H,1-2H3. The number of hydrogen-bond acceptors (Lipinski definition) is 2. The van der Waals surface area contributed by atoms with E-state index >= 15 is 0 Å². The number of para-hydroxylation sites is 1. The predicted molar refractivity (Wildman–Crippen MR) is 71.3 cm³/mol. The predicted octanol–water partition coefficient (Wildman–Crippen LogP) is 4.29. The van der Waals surface area contributed by atoms with E-state index in [9.17, 15) is 13.2 Å². The van der Waals surface area contributed by atoms with Crippen LogP contribution in [0.15, 0.2) is 36.4 Å². The number of benzene rings is 2. The zero-order valence-electron chi connectivity index (χ0n) is 11.1. The van der Waals surface area contributed by atoms with Gasteiger partial charge in [0.2, 0.25) is 0 Å². The fraction of sp³-hybridized carbons (Fsp3) is 0.200. The van der Waals surface area contributed by atoms with Gasteiger partial charge in [0.25, 0.3) is 0 Å². The van der Waals surface area contributed by atoms with Crippen LogP contribution in [0.25, 0.3) is 0 Å². The molecule has 20 heavy (non-hydrogen) atoms. The molecule has 1 unspecified atom stereocenters. The van der Waals surface area contributed by atoms with Gasteiger partial charge in [-0.3, -0.25) is 0 Å². The smallest absolute Gasteiger partial charge is 0.161 e. The largest absolute Gasteiger partial charge is 0.496 e.